The van der Waals surface area contributed by atoms with Crippen molar-refractivity contribution in [1.82, 2.24) is 19.0 Å². The van der Waals surface area contributed by atoms with Crippen LogP contribution < -0.4 is 0 Å². The summed E-state index contributed by atoms with van der Waals surface area (Å²) in [4.78, 5) is 15.6. The summed E-state index contributed by atoms with van der Waals surface area (Å²) < 4.78 is 4.01. The van der Waals surface area contributed by atoms with E-state index in [1.165, 1.54) is 11.1 Å². The average molecular weight is 389 g/mol. The Morgan fingerprint density at radius 1 is 1.15 bits per heavy atom. The van der Waals surface area contributed by atoms with Gasteiger partial charge in [0.25, 0.3) is 0 Å². The second-order valence-corrected chi connectivity index (χ2v) is 8.30. The summed E-state index contributed by atoms with van der Waals surface area (Å²) >= 11 is 8.01. The molecule has 26 heavy (non-hydrogen) atoms. The number of amides is 1. The summed E-state index contributed by atoms with van der Waals surface area (Å²) in [5, 5.41) is 5.05. The number of aryl methyl sites for hydroxylation is 2. The van der Waals surface area contributed by atoms with Gasteiger partial charge in [0, 0.05) is 33.2 Å². The Kier molecular flexibility index (Phi) is 4.82. The fourth-order valence-electron chi connectivity index (χ4n) is 3.51. The lowest BCUT2D eigenvalue weighted by molar-refractivity contribution is -0.129. The molecule has 0 spiro atoms. The van der Waals surface area contributed by atoms with Crippen LogP contribution >= 0.6 is 23.5 Å². The molecule has 1 amide bonds. The van der Waals surface area contributed by atoms with Crippen molar-refractivity contribution in [3.05, 3.63) is 57.9 Å². The number of hydrogen-bond acceptors (Lipinski definition) is 4. The molecule has 0 saturated carbocycles. The molecule has 0 atom stereocenters. The Hall–Kier alpha value is -1.76. The van der Waals surface area contributed by atoms with Crippen LogP contribution in [0.5, 0.6) is 0 Å². The first-order chi connectivity index (χ1) is 12.5. The first kappa shape index (κ1) is 17.6. The molecule has 136 valence electrons. The van der Waals surface area contributed by atoms with Crippen molar-refractivity contribution in [2.75, 3.05) is 26.2 Å². The van der Waals surface area contributed by atoms with Crippen LogP contribution in [-0.2, 0) is 18.3 Å². The van der Waals surface area contributed by atoms with Gasteiger partial charge >= 0.3 is 0 Å². The van der Waals surface area contributed by atoms with Gasteiger partial charge in [-0.3, -0.25) is 9.48 Å². The fraction of sp³-hybridized carbons (Fsp3) is 0.368. The molecule has 1 aromatic heterocycles. The van der Waals surface area contributed by atoms with E-state index in [0.717, 1.165) is 42.3 Å². The summed E-state index contributed by atoms with van der Waals surface area (Å²) in [7, 11) is 1.86. The van der Waals surface area contributed by atoms with Crippen LogP contribution in [0.15, 0.2) is 46.4 Å². The minimum absolute atomic E-state index is 0.205. The van der Waals surface area contributed by atoms with Crippen LogP contribution in [0.25, 0.3) is 0 Å². The summed E-state index contributed by atoms with van der Waals surface area (Å²) in [6.45, 7) is 5.23. The number of rotatable bonds is 4. The van der Waals surface area contributed by atoms with Gasteiger partial charge in [-0.05, 0) is 35.6 Å². The van der Waals surface area contributed by atoms with Crippen molar-refractivity contribution < 1.29 is 4.79 Å². The number of carbonyl (C=O) groups is 1. The molecule has 2 aromatic rings. The van der Waals surface area contributed by atoms with E-state index >= 15 is 0 Å². The Morgan fingerprint density at radius 2 is 1.81 bits per heavy atom. The molecule has 0 N–H and O–H groups in total. The Bertz CT molecular complexity index is 859. The Morgan fingerprint density at radius 3 is 2.38 bits per heavy atom. The zero-order valence-electron chi connectivity index (χ0n) is 14.9. The van der Waals surface area contributed by atoms with E-state index in [1.807, 2.05) is 49.2 Å². The maximum atomic E-state index is 12.6. The molecule has 0 aliphatic carbocycles. The molecule has 1 aromatic carbocycles. The van der Waals surface area contributed by atoms with E-state index in [2.05, 4.69) is 9.40 Å². The molecular formula is C19H21ClN4OS. The molecule has 0 saturated heterocycles. The average Bonchev–Trinajstić information content (AvgIpc) is 3.24. The van der Waals surface area contributed by atoms with Crippen molar-refractivity contribution >= 4 is 29.5 Å². The highest BCUT2D eigenvalue weighted by atomic mass is 35.5. The maximum absolute atomic E-state index is 12.6. The summed E-state index contributed by atoms with van der Waals surface area (Å²) in [6.07, 6.45) is 0.477. The van der Waals surface area contributed by atoms with E-state index in [-0.39, 0.29) is 5.91 Å². The Labute approximate surface area is 162 Å². The molecule has 0 unspecified atom stereocenters. The highest BCUT2D eigenvalue weighted by molar-refractivity contribution is 7.97. The quantitative estimate of drug-likeness (QED) is 0.596. The highest BCUT2D eigenvalue weighted by Crippen LogP contribution is 2.37. The number of carbonyl (C=O) groups excluding carboxylic acids is 1. The minimum atomic E-state index is 0.205. The zero-order valence-corrected chi connectivity index (χ0v) is 16.5. The lowest BCUT2D eigenvalue weighted by atomic mass is 10.1. The second kappa shape index (κ2) is 7.10. The third kappa shape index (κ3) is 3.41. The second-order valence-electron chi connectivity index (χ2n) is 6.84. The molecule has 0 fully saturated rings. The van der Waals surface area contributed by atoms with Crippen LogP contribution in [0.4, 0.5) is 0 Å². The van der Waals surface area contributed by atoms with E-state index in [9.17, 15) is 4.79 Å². The van der Waals surface area contributed by atoms with Gasteiger partial charge in [0.1, 0.15) is 5.15 Å². The summed E-state index contributed by atoms with van der Waals surface area (Å²) in [5.74, 6) is 0.205. The molecule has 4 rings (SSSR count). The van der Waals surface area contributed by atoms with E-state index in [0.29, 0.717) is 11.6 Å². The summed E-state index contributed by atoms with van der Waals surface area (Å²) in [5.41, 5.74) is 4.77. The van der Waals surface area contributed by atoms with Crippen molar-refractivity contribution in [2.24, 2.45) is 7.05 Å². The summed E-state index contributed by atoms with van der Waals surface area (Å²) in [6, 6.07) is 9.94. The van der Waals surface area contributed by atoms with E-state index < -0.39 is 0 Å². The number of hydrogen-bond donors (Lipinski definition) is 0. The SMILES string of the molecule is Cc1nn(C)c(Cl)c1SN1CC2=C(C1)CN(C(=O)Cc1ccccc1)C2. The van der Waals surface area contributed by atoms with Crippen molar-refractivity contribution in [2.45, 2.75) is 18.2 Å². The molecule has 7 heteroatoms. The number of halogens is 1. The van der Waals surface area contributed by atoms with Crippen LogP contribution in [0.2, 0.25) is 5.15 Å². The number of nitrogens with zero attached hydrogens (tertiary/aromatic N) is 4. The normalized spacial score (nSPS) is 17.3. The number of aromatic nitrogens is 2. The largest absolute Gasteiger partial charge is 0.334 e. The Balaban J connectivity index is 1.34. The lowest BCUT2D eigenvalue weighted by Gasteiger charge is -2.22. The molecule has 5 nitrogen and oxygen atoms in total. The monoisotopic (exact) mass is 388 g/mol. The van der Waals surface area contributed by atoms with E-state index in [1.54, 1.807) is 16.6 Å². The molecule has 3 heterocycles. The smallest absolute Gasteiger partial charge is 0.227 e. The van der Waals surface area contributed by atoms with Gasteiger partial charge in [0.05, 0.1) is 17.0 Å². The minimum Gasteiger partial charge on any atom is -0.334 e. The third-order valence-corrected chi connectivity index (χ3v) is 6.60. The first-order valence-corrected chi connectivity index (χ1v) is 9.80. The molecule has 2 aliphatic rings. The van der Waals surface area contributed by atoms with Crippen LogP contribution in [0.1, 0.15) is 11.3 Å². The molecule has 2 aliphatic heterocycles. The van der Waals surface area contributed by atoms with Crippen molar-refractivity contribution in [3.8, 4) is 0 Å². The third-order valence-electron chi connectivity index (χ3n) is 4.87. The predicted octanol–water partition coefficient (Wildman–Crippen LogP) is 3.09. The van der Waals surface area contributed by atoms with E-state index in [4.69, 9.17) is 11.6 Å². The van der Waals surface area contributed by atoms with Gasteiger partial charge in [-0.1, -0.05) is 41.9 Å². The molecular weight excluding hydrogens is 368 g/mol. The van der Waals surface area contributed by atoms with Crippen LogP contribution in [-0.4, -0.2) is 51.1 Å². The van der Waals surface area contributed by atoms with Crippen molar-refractivity contribution in [1.29, 1.82) is 0 Å². The zero-order chi connectivity index (χ0) is 18.3. The van der Waals surface area contributed by atoms with Crippen LogP contribution in [0, 0.1) is 6.92 Å². The maximum Gasteiger partial charge on any atom is 0.227 e. The lowest BCUT2D eigenvalue weighted by Crippen LogP contribution is -2.33. The standard InChI is InChI=1S/C19H21ClN4OS/c1-13-18(19(20)22(2)21-13)26-24-11-15-9-23(10-16(15)12-24)17(25)8-14-6-4-3-5-7-14/h3-7H,8-12H2,1-2H3. The fourth-order valence-corrected chi connectivity index (χ4v) is 4.87. The van der Waals surface area contributed by atoms with Gasteiger partial charge in [0.15, 0.2) is 0 Å². The number of benzene rings is 1. The van der Waals surface area contributed by atoms with Crippen LogP contribution in [0.3, 0.4) is 0 Å². The predicted molar refractivity (Wildman–Crippen MR) is 104 cm³/mol. The topological polar surface area (TPSA) is 41.4 Å². The highest BCUT2D eigenvalue weighted by Gasteiger charge is 2.33. The first-order valence-electron chi connectivity index (χ1n) is 8.64. The van der Waals surface area contributed by atoms with Crippen molar-refractivity contribution in [3.63, 3.8) is 0 Å². The van der Waals surface area contributed by atoms with Gasteiger partial charge < -0.3 is 4.90 Å². The van der Waals surface area contributed by atoms with Gasteiger partial charge in [-0.15, -0.1) is 0 Å². The molecule has 0 bridgehead atoms. The molecule has 0 radical (unpaired) electrons. The van der Waals surface area contributed by atoms with Gasteiger partial charge in [-0.2, -0.15) is 5.10 Å². The van der Waals surface area contributed by atoms with Gasteiger partial charge in [0.2, 0.25) is 5.91 Å². The van der Waals surface area contributed by atoms with Gasteiger partial charge in [-0.25, -0.2) is 4.31 Å².